The predicted molar refractivity (Wildman–Crippen MR) is 88.0 cm³/mol. The summed E-state index contributed by atoms with van der Waals surface area (Å²) in [4.78, 5) is 15.1. The minimum absolute atomic E-state index is 0.0945. The third kappa shape index (κ3) is 4.23. The first-order valence-corrected chi connectivity index (χ1v) is 9.23. The fourth-order valence-electron chi connectivity index (χ4n) is 1.77. The molecule has 0 fully saturated rings. The number of carbonyl (C=O) groups excluding carboxylic acids is 1. The van der Waals surface area contributed by atoms with Gasteiger partial charge in [-0.2, -0.15) is 9.71 Å². The summed E-state index contributed by atoms with van der Waals surface area (Å²) in [5.74, 6) is 0.0973. The topological polar surface area (TPSA) is 140 Å². The summed E-state index contributed by atoms with van der Waals surface area (Å²) in [6, 6.07) is 9.13. The number of carbonyl (C=O) groups is 1. The lowest BCUT2D eigenvalue weighted by atomic mass is 10.2. The SMILES string of the molecule is CC(=O)Nc1nnc(S(=O)(=O)NCc2nc(-c3ccccc3)no2)s1. The molecule has 2 heterocycles. The average molecular weight is 380 g/mol. The first kappa shape index (κ1) is 17.1. The molecular weight excluding hydrogens is 368 g/mol. The number of sulfonamides is 1. The van der Waals surface area contributed by atoms with Crippen LogP contribution >= 0.6 is 11.3 Å². The van der Waals surface area contributed by atoms with Gasteiger partial charge in [-0.3, -0.25) is 4.79 Å². The van der Waals surface area contributed by atoms with E-state index in [2.05, 4.69) is 30.4 Å². The Morgan fingerprint density at radius 3 is 2.72 bits per heavy atom. The molecule has 3 rings (SSSR count). The molecule has 1 aromatic carbocycles. The molecule has 2 aromatic heterocycles. The zero-order chi connectivity index (χ0) is 17.9. The van der Waals surface area contributed by atoms with Crippen LogP contribution in [0.15, 0.2) is 39.2 Å². The standard InChI is InChI=1S/C13H12N6O4S2/c1-8(20)15-12-17-18-13(24-12)25(21,22)14-7-10-16-11(19-23-10)9-5-3-2-4-6-9/h2-6,14H,7H2,1H3,(H,15,17,20). The lowest BCUT2D eigenvalue weighted by Crippen LogP contribution is -2.23. The first-order chi connectivity index (χ1) is 11.9. The van der Waals surface area contributed by atoms with Crippen LogP contribution in [-0.4, -0.2) is 34.7 Å². The molecule has 0 saturated carbocycles. The van der Waals surface area contributed by atoms with Crippen LogP contribution < -0.4 is 10.0 Å². The highest BCUT2D eigenvalue weighted by Crippen LogP contribution is 2.20. The highest BCUT2D eigenvalue weighted by atomic mass is 32.2. The van der Waals surface area contributed by atoms with Crippen molar-refractivity contribution in [2.75, 3.05) is 5.32 Å². The molecule has 0 spiro atoms. The summed E-state index contributed by atoms with van der Waals surface area (Å²) in [6.45, 7) is 1.09. The number of benzene rings is 1. The van der Waals surface area contributed by atoms with Gasteiger partial charge in [0.15, 0.2) is 0 Å². The van der Waals surface area contributed by atoms with Crippen LogP contribution in [0.4, 0.5) is 5.13 Å². The van der Waals surface area contributed by atoms with Gasteiger partial charge in [-0.1, -0.05) is 46.8 Å². The number of amides is 1. The zero-order valence-electron chi connectivity index (χ0n) is 12.8. The van der Waals surface area contributed by atoms with Gasteiger partial charge in [0, 0.05) is 12.5 Å². The predicted octanol–water partition coefficient (Wildman–Crippen LogP) is 1.02. The third-order valence-corrected chi connectivity index (χ3v) is 5.44. The van der Waals surface area contributed by atoms with Gasteiger partial charge in [0.2, 0.25) is 27.1 Å². The number of rotatable bonds is 6. The molecule has 0 bridgehead atoms. The van der Waals surface area contributed by atoms with E-state index in [0.29, 0.717) is 5.82 Å². The van der Waals surface area contributed by atoms with Crippen molar-refractivity contribution in [1.29, 1.82) is 0 Å². The van der Waals surface area contributed by atoms with Crippen molar-refractivity contribution in [3.8, 4) is 11.4 Å². The molecule has 0 unspecified atom stereocenters. The summed E-state index contributed by atoms with van der Waals surface area (Å²) in [5, 5.41) is 13.4. The number of nitrogens with one attached hydrogen (secondary N) is 2. The molecule has 0 atom stereocenters. The highest BCUT2D eigenvalue weighted by molar-refractivity contribution is 7.91. The van der Waals surface area contributed by atoms with Crippen LogP contribution in [0.25, 0.3) is 11.4 Å². The van der Waals surface area contributed by atoms with Crippen molar-refractivity contribution >= 4 is 32.4 Å². The minimum atomic E-state index is -3.91. The van der Waals surface area contributed by atoms with Gasteiger partial charge in [0.1, 0.15) is 0 Å². The van der Waals surface area contributed by atoms with Gasteiger partial charge in [0.05, 0.1) is 6.54 Å². The quantitative estimate of drug-likeness (QED) is 0.604. The maximum absolute atomic E-state index is 12.2. The largest absolute Gasteiger partial charge is 0.338 e. The molecule has 3 aromatic rings. The fourth-order valence-corrected chi connectivity index (χ4v) is 3.73. The summed E-state index contributed by atoms with van der Waals surface area (Å²) in [6.07, 6.45) is 0. The summed E-state index contributed by atoms with van der Waals surface area (Å²) in [7, 11) is -3.91. The molecule has 0 aliphatic carbocycles. The normalized spacial score (nSPS) is 11.4. The van der Waals surface area contributed by atoms with Crippen LogP contribution in [0.5, 0.6) is 0 Å². The Kier molecular flexibility index (Phi) is 4.83. The van der Waals surface area contributed by atoms with Crippen molar-refractivity contribution in [1.82, 2.24) is 25.1 Å². The Hall–Kier alpha value is -2.70. The van der Waals surface area contributed by atoms with Gasteiger partial charge in [0.25, 0.3) is 10.0 Å². The van der Waals surface area contributed by atoms with E-state index in [0.717, 1.165) is 16.9 Å². The Balaban J connectivity index is 1.67. The molecule has 0 aliphatic rings. The van der Waals surface area contributed by atoms with Crippen molar-refractivity contribution in [2.24, 2.45) is 0 Å². The van der Waals surface area contributed by atoms with Crippen LogP contribution in [0.2, 0.25) is 0 Å². The number of aromatic nitrogens is 4. The number of hydrogen-bond acceptors (Lipinski definition) is 9. The molecule has 0 aliphatic heterocycles. The van der Waals surface area contributed by atoms with Crippen LogP contribution in [-0.2, 0) is 21.4 Å². The van der Waals surface area contributed by atoms with E-state index in [9.17, 15) is 13.2 Å². The Labute approximate surface area is 146 Å². The minimum Gasteiger partial charge on any atom is -0.338 e. The molecule has 0 saturated heterocycles. The lowest BCUT2D eigenvalue weighted by Gasteiger charge is -1.99. The van der Waals surface area contributed by atoms with Gasteiger partial charge < -0.3 is 9.84 Å². The maximum atomic E-state index is 12.2. The van der Waals surface area contributed by atoms with E-state index in [-0.39, 0.29) is 27.8 Å². The zero-order valence-corrected chi connectivity index (χ0v) is 14.5. The maximum Gasteiger partial charge on any atom is 0.270 e. The molecule has 25 heavy (non-hydrogen) atoms. The number of anilines is 1. The average Bonchev–Trinajstić information content (AvgIpc) is 3.23. The monoisotopic (exact) mass is 380 g/mol. The summed E-state index contributed by atoms with van der Waals surface area (Å²) < 4.78 is 31.4. The third-order valence-electron chi connectivity index (χ3n) is 2.83. The molecule has 130 valence electrons. The molecule has 0 radical (unpaired) electrons. The van der Waals surface area contributed by atoms with Crippen molar-refractivity contribution < 1.29 is 17.7 Å². The van der Waals surface area contributed by atoms with E-state index >= 15 is 0 Å². The van der Waals surface area contributed by atoms with Crippen molar-refractivity contribution in [3.05, 3.63) is 36.2 Å². The van der Waals surface area contributed by atoms with Crippen LogP contribution in [0.3, 0.4) is 0 Å². The second kappa shape index (κ2) is 7.04. The second-order valence-electron chi connectivity index (χ2n) is 4.76. The van der Waals surface area contributed by atoms with Gasteiger partial charge in [-0.05, 0) is 0 Å². The van der Waals surface area contributed by atoms with Gasteiger partial charge in [-0.15, -0.1) is 10.2 Å². The van der Waals surface area contributed by atoms with E-state index in [1.54, 1.807) is 0 Å². The molecule has 12 heteroatoms. The van der Waals surface area contributed by atoms with Gasteiger partial charge in [-0.25, -0.2) is 8.42 Å². The van der Waals surface area contributed by atoms with Crippen molar-refractivity contribution in [3.63, 3.8) is 0 Å². The molecule has 10 nitrogen and oxygen atoms in total. The molecule has 2 N–H and O–H groups in total. The van der Waals surface area contributed by atoms with E-state index in [1.807, 2.05) is 30.3 Å². The lowest BCUT2D eigenvalue weighted by molar-refractivity contribution is -0.114. The Morgan fingerprint density at radius 2 is 2.00 bits per heavy atom. The summed E-state index contributed by atoms with van der Waals surface area (Å²) >= 11 is 0.734. The van der Waals surface area contributed by atoms with E-state index in [1.165, 1.54) is 6.92 Å². The van der Waals surface area contributed by atoms with Crippen LogP contribution in [0, 0.1) is 0 Å². The Bertz CT molecular complexity index is 983. The summed E-state index contributed by atoms with van der Waals surface area (Å²) in [5.41, 5.74) is 0.754. The fraction of sp³-hybridized carbons (Fsp3) is 0.154. The van der Waals surface area contributed by atoms with E-state index < -0.39 is 10.0 Å². The number of hydrogen-bond donors (Lipinski definition) is 2. The van der Waals surface area contributed by atoms with Crippen molar-refractivity contribution in [2.45, 2.75) is 17.8 Å². The smallest absolute Gasteiger partial charge is 0.270 e. The molecule has 1 amide bonds. The van der Waals surface area contributed by atoms with Crippen LogP contribution in [0.1, 0.15) is 12.8 Å². The highest BCUT2D eigenvalue weighted by Gasteiger charge is 2.21. The Morgan fingerprint density at radius 1 is 1.24 bits per heavy atom. The second-order valence-corrected chi connectivity index (χ2v) is 7.67. The first-order valence-electron chi connectivity index (χ1n) is 6.93. The molecular formula is C13H12N6O4S2. The van der Waals surface area contributed by atoms with Gasteiger partial charge >= 0.3 is 0 Å². The number of nitrogens with zero attached hydrogens (tertiary/aromatic N) is 4. The van der Waals surface area contributed by atoms with E-state index in [4.69, 9.17) is 4.52 Å².